The van der Waals surface area contributed by atoms with E-state index < -0.39 is 0 Å². The minimum atomic E-state index is -0.189. The molecule has 21 heavy (non-hydrogen) atoms. The van der Waals surface area contributed by atoms with Crippen LogP contribution in [0.5, 0.6) is 0 Å². The van der Waals surface area contributed by atoms with Crippen LogP contribution in [0.1, 0.15) is 97.3 Å². The molecular weight excluding hydrogens is 260 g/mol. The number of rotatable bonds is 15. The first-order chi connectivity index (χ1) is 10.2. The number of unbranched alkanes of at least 4 members (excludes halogenated alkanes) is 10. The fourth-order valence-electron chi connectivity index (χ4n) is 2.37. The summed E-state index contributed by atoms with van der Waals surface area (Å²) in [7, 11) is 0. The average molecular weight is 296 g/mol. The fraction of sp³-hybridized carbons (Fsp3) is 0.842. The van der Waals surface area contributed by atoms with Gasteiger partial charge in [0.1, 0.15) is 0 Å². The molecule has 2 nitrogen and oxygen atoms in total. The Balaban J connectivity index is 3.30. The maximum atomic E-state index is 11.7. The second-order valence-electron chi connectivity index (χ2n) is 6.03. The lowest BCUT2D eigenvalue weighted by atomic mass is 10.1. The smallest absolute Gasteiger partial charge is 0.333 e. The molecule has 0 aromatic heterocycles. The van der Waals surface area contributed by atoms with Crippen molar-refractivity contribution in [3.05, 3.63) is 12.2 Å². The summed E-state index contributed by atoms with van der Waals surface area (Å²) in [6.07, 6.45) is 15.7. The molecule has 0 aliphatic carbocycles. The summed E-state index contributed by atoms with van der Waals surface area (Å²) in [5.41, 5.74) is 0.638. The van der Waals surface area contributed by atoms with Crippen LogP contribution in [-0.4, -0.2) is 12.6 Å². The molecule has 124 valence electrons. The highest BCUT2D eigenvalue weighted by atomic mass is 16.5. The van der Waals surface area contributed by atoms with E-state index >= 15 is 0 Å². The van der Waals surface area contributed by atoms with Crippen LogP contribution < -0.4 is 0 Å². The van der Waals surface area contributed by atoms with Gasteiger partial charge in [0.2, 0.25) is 0 Å². The first kappa shape index (κ1) is 20.2. The SMILES string of the molecule is C=C(CCCCC)C(=O)OCCCCCCCCCCC. The van der Waals surface area contributed by atoms with Gasteiger partial charge in [-0.05, 0) is 19.3 Å². The summed E-state index contributed by atoms with van der Waals surface area (Å²) in [5, 5.41) is 0. The third kappa shape index (κ3) is 13.9. The predicted molar refractivity (Wildman–Crippen MR) is 91.5 cm³/mol. The van der Waals surface area contributed by atoms with Crippen molar-refractivity contribution in [3.63, 3.8) is 0 Å². The molecular formula is C19H36O2. The Morgan fingerprint density at radius 2 is 1.24 bits per heavy atom. The largest absolute Gasteiger partial charge is 0.462 e. The number of hydrogen-bond donors (Lipinski definition) is 0. The van der Waals surface area contributed by atoms with E-state index in [1.165, 1.54) is 57.8 Å². The average Bonchev–Trinajstić information content (AvgIpc) is 2.49. The Hall–Kier alpha value is -0.790. The van der Waals surface area contributed by atoms with E-state index in [4.69, 9.17) is 4.74 Å². The van der Waals surface area contributed by atoms with Crippen molar-refractivity contribution in [1.82, 2.24) is 0 Å². The molecule has 0 amide bonds. The van der Waals surface area contributed by atoms with Crippen molar-refractivity contribution >= 4 is 5.97 Å². The minimum absolute atomic E-state index is 0.189. The first-order valence-electron chi connectivity index (χ1n) is 9.07. The maximum absolute atomic E-state index is 11.7. The monoisotopic (exact) mass is 296 g/mol. The van der Waals surface area contributed by atoms with Crippen LogP contribution in [0, 0.1) is 0 Å². The van der Waals surface area contributed by atoms with Crippen LogP contribution in [0.3, 0.4) is 0 Å². The van der Waals surface area contributed by atoms with Gasteiger partial charge < -0.3 is 4.74 Å². The summed E-state index contributed by atoms with van der Waals surface area (Å²) in [5.74, 6) is -0.189. The van der Waals surface area contributed by atoms with Crippen molar-refractivity contribution in [3.8, 4) is 0 Å². The van der Waals surface area contributed by atoms with E-state index in [1.807, 2.05) is 0 Å². The summed E-state index contributed by atoms with van der Waals surface area (Å²) in [6.45, 7) is 8.78. The zero-order valence-corrected chi connectivity index (χ0v) is 14.4. The molecule has 0 rings (SSSR count). The molecule has 0 aliphatic heterocycles. The molecule has 0 N–H and O–H groups in total. The van der Waals surface area contributed by atoms with Gasteiger partial charge in [0.15, 0.2) is 0 Å². The normalized spacial score (nSPS) is 10.6. The van der Waals surface area contributed by atoms with Gasteiger partial charge in [0.25, 0.3) is 0 Å². The molecule has 0 radical (unpaired) electrons. The molecule has 0 aromatic carbocycles. The van der Waals surface area contributed by atoms with E-state index in [1.54, 1.807) is 0 Å². The predicted octanol–water partition coefficient (Wildman–Crippen LogP) is 6.20. The summed E-state index contributed by atoms with van der Waals surface area (Å²) in [6, 6.07) is 0. The fourth-order valence-corrected chi connectivity index (χ4v) is 2.37. The number of carbonyl (C=O) groups is 1. The molecule has 0 heterocycles. The molecule has 0 bridgehead atoms. The zero-order valence-electron chi connectivity index (χ0n) is 14.4. The van der Waals surface area contributed by atoms with Gasteiger partial charge in [-0.1, -0.05) is 84.6 Å². The van der Waals surface area contributed by atoms with Gasteiger partial charge >= 0.3 is 5.97 Å². The highest BCUT2D eigenvalue weighted by Crippen LogP contribution is 2.11. The standard InChI is InChI=1S/C19H36O2/c1-4-6-8-9-10-11-12-13-15-17-21-19(20)18(3)16-14-7-5-2/h3-17H2,1-2H3. The van der Waals surface area contributed by atoms with Crippen LogP contribution in [-0.2, 0) is 9.53 Å². The number of ether oxygens (including phenoxy) is 1. The molecule has 0 saturated heterocycles. The Labute approximate surface area is 132 Å². The second-order valence-corrected chi connectivity index (χ2v) is 6.03. The lowest BCUT2D eigenvalue weighted by Crippen LogP contribution is -2.08. The summed E-state index contributed by atoms with van der Waals surface area (Å²) in [4.78, 5) is 11.7. The lowest BCUT2D eigenvalue weighted by Gasteiger charge is -2.07. The molecule has 0 fully saturated rings. The van der Waals surface area contributed by atoms with E-state index in [9.17, 15) is 4.79 Å². The van der Waals surface area contributed by atoms with Crippen LogP contribution in [0.25, 0.3) is 0 Å². The van der Waals surface area contributed by atoms with Gasteiger partial charge in [0.05, 0.1) is 6.61 Å². The van der Waals surface area contributed by atoms with Crippen LogP contribution in [0.15, 0.2) is 12.2 Å². The Morgan fingerprint density at radius 1 is 0.762 bits per heavy atom. The number of carbonyl (C=O) groups excluding carboxylic acids is 1. The molecule has 0 saturated carbocycles. The van der Waals surface area contributed by atoms with Gasteiger partial charge in [-0.25, -0.2) is 4.79 Å². The lowest BCUT2D eigenvalue weighted by molar-refractivity contribution is -0.139. The maximum Gasteiger partial charge on any atom is 0.333 e. The number of hydrogen-bond acceptors (Lipinski definition) is 2. The molecule has 0 unspecified atom stereocenters. The Bertz CT molecular complexity index is 258. The summed E-state index contributed by atoms with van der Waals surface area (Å²) < 4.78 is 5.26. The van der Waals surface area contributed by atoms with E-state index in [0.29, 0.717) is 12.2 Å². The minimum Gasteiger partial charge on any atom is -0.462 e. The second kappa shape index (κ2) is 15.6. The third-order valence-electron chi connectivity index (χ3n) is 3.85. The van der Waals surface area contributed by atoms with Crippen molar-refractivity contribution < 1.29 is 9.53 Å². The quantitative estimate of drug-likeness (QED) is 0.204. The highest BCUT2D eigenvalue weighted by Gasteiger charge is 2.07. The van der Waals surface area contributed by atoms with E-state index in [2.05, 4.69) is 20.4 Å². The zero-order chi connectivity index (χ0) is 15.8. The number of esters is 1. The molecule has 0 spiro atoms. The first-order valence-corrected chi connectivity index (χ1v) is 9.07. The van der Waals surface area contributed by atoms with Crippen molar-refractivity contribution in [2.45, 2.75) is 97.3 Å². The highest BCUT2D eigenvalue weighted by molar-refractivity contribution is 5.87. The topological polar surface area (TPSA) is 26.3 Å². The van der Waals surface area contributed by atoms with Crippen molar-refractivity contribution in [2.75, 3.05) is 6.61 Å². The van der Waals surface area contributed by atoms with E-state index in [0.717, 1.165) is 25.7 Å². The molecule has 2 heteroatoms. The third-order valence-corrected chi connectivity index (χ3v) is 3.85. The van der Waals surface area contributed by atoms with Gasteiger partial charge in [-0.3, -0.25) is 0 Å². The van der Waals surface area contributed by atoms with Crippen LogP contribution in [0.4, 0.5) is 0 Å². The Morgan fingerprint density at radius 3 is 1.81 bits per heavy atom. The Kier molecular flexibility index (Phi) is 15.0. The van der Waals surface area contributed by atoms with Gasteiger partial charge in [-0.2, -0.15) is 0 Å². The van der Waals surface area contributed by atoms with Crippen LogP contribution in [0.2, 0.25) is 0 Å². The molecule has 0 aromatic rings. The molecule has 0 atom stereocenters. The van der Waals surface area contributed by atoms with Gasteiger partial charge in [0, 0.05) is 5.57 Å². The van der Waals surface area contributed by atoms with E-state index in [-0.39, 0.29) is 5.97 Å². The summed E-state index contributed by atoms with van der Waals surface area (Å²) >= 11 is 0. The molecule has 0 aliphatic rings. The van der Waals surface area contributed by atoms with Crippen molar-refractivity contribution in [2.24, 2.45) is 0 Å². The van der Waals surface area contributed by atoms with Crippen LogP contribution >= 0.6 is 0 Å². The van der Waals surface area contributed by atoms with Gasteiger partial charge in [-0.15, -0.1) is 0 Å². The van der Waals surface area contributed by atoms with Crippen molar-refractivity contribution in [1.29, 1.82) is 0 Å².